The van der Waals surface area contributed by atoms with Gasteiger partial charge in [0.25, 0.3) is 0 Å². The Balaban J connectivity index is 3.00. The maximum atomic E-state index is 10.7. The van der Waals surface area contributed by atoms with Crippen LogP contribution >= 0.6 is 0 Å². The van der Waals surface area contributed by atoms with Crippen LogP contribution in [-0.4, -0.2) is 12.1 Å². The topological polar surface area (TPSA) is 29.4 Å². The Morgan fingerprint density at radius 1 is 0.889 bits per heavy atom. The molecule has 1 rings (SSSR count). The molecule has 1 saturated carbocycles. The summed E-state index contributed by atoms with van der Waals surface area (Å²) in [5, 5.41) is 0. The molecule has 18 heavy (non-hydrogen) atoms. The molecule has 2 heteroatoms. The van der Waals surface area contributed by atoms with E-state index in [0.29, 0.717) is 23.7 Å². The van der Waals surface area contributed by atoms with Gasteiger partial charge in [0, 0.05) is 0 Å². The highest BCUT2D eigenvalue weighted by Crippen LogP contribution is 2.44. The average molecular weight is 251 g/mol. The van der Waals surface area contributed by atoms with E-state index in [4.69, 9.17) is 0 Å². The average Bonchev–Trinajstić information content (AvgIpc) is 2.28. The summed E-state index contributed by atoms with van der Waals surface area (Å²) in [5.41, 5.74) is 0. The van der Waals surface area contributed by atoms with E-state index in [1.807, 2.05) is 6.08 Å². The van der Waals surface area contributed by atoms with Gasteiger partial charge in [-0.2, -0.15) is 0 Å². The minimum absolute atomic E-state index is 0.192. The van der Waals surface area contributed by atoms with E-state index < -0.39 is 0 Å². The molecule has 1 aliphatic carbocycles. The highest BCUT2D eigenvalue weighted by atomic mass is 16.1. The highest BCUT2D eigenvalue weighted by molar-refractivity contribution is 5.34. The van der Waals surface area contributed by atoms with Crippen molar-refractivity contribution in [1.29, 1.82) is 0 Å². The Labute approximate surface area is 112 Å². The minimum Gasteiger partial charge on any atom is -0.211 e. The normalized spacial score (nSPS) is 32.9. The van der Waals surface area contributed by atoms with Crippen LogP contribution in [0.15, 0.2) is 4.99 Å². The molecule has 0 spiro atoms. The monoisotopic (exact) mass is 251 g/mol. The lowest BCUT2D eigenvalue weighted by atomic mass is 9.63. The van der Waals surface area contributed by atoms with E-state index in [-0.39, 0.29) is 6.04 Å². The van der Waals surface area contributed by atoms with Crippen molar-refractivity contribution in [1.82, 2.24) is 0 Å². The number of isocyanates is 1. The Morgan fingerprint density at radius 3 is 1.61 bits per heavy atom. The fraction of sp³-hybridized carbons (Fsp3) is 0.938. The van der Waals surface area contributed by atoms with Crippen LogP contribution in [0.25, 0.3) is 0 Å². The highest BCUT2D eigenvalue weighted by Gasteiger charge is 2.41. The van der Waals surface area contributed by atoms with Gasteiger partial charge in [-0.25, -0.2) is 9.79 Å². The van der Waals surface area contributed by atoms with Crippen LogP contribution in [0, 0.1) is 35.5 Å². The third-order valence-electron chi connectivity index (χ3n) is 4.88. The van der Waals surface area contributed by atoms with Crippen molar-refractivity contribution in [2.24, 2.45) is 40.5 Å². The van der Waals surface area contributed by atoms with E-state index in [2.05, 4.69) is 46.5 Å². The maximum absolute atomic E-state index is 10.7. The molecule has 0 heterocycles. The SMILES string of the molecule is CC(C)C1CC(C(C)C)C(N=C=O)C(C(C)C)C1. The second-order valence-corrected chi connectivity index (χ2v) is 7.00. The zero-order chi connectivity index (χ0) is 13.9. The Morgan fingerprint density at radius 2 is 1.33 bits per heavy atom. The van der Waals surface area contributed by atoms with Crippen molar-refractivity contribution in [2.75, 3.05) is 0 Å². The summed E-state index contributed by atoms with van der Waals surface area (Å²) in [7, 11) is 0. The van der Waals surface area contributed by atoms with Gasteiger partial charge < -0.3 is 0 Å². The summed E-state index contributed by atoms with van der Waals surface area (Å²) in [4.78, 5) is 14.9. The number of carbonyl (C=O) groups excluding carboxylic acids is 1. The largest absolute Gasteiger partial charge is 0.235 e. The fourth-order valence-electron chi connectivity index (χ4n) is 3.52. The summed E-state index contributed by atoms with van der Waals surface area (Å²) >= 11 is 0. The van der Waals surface area contributed by atoms with Crippen LogP contribution in [-0.2, 0) is 4.79 Å². The molecular weight excluding hydrogens is 222 g/mol. The van der Waals surface area contributed by atoms with E-state index in [1.54, 1.807) is 0 Å². The molecule has 0 radical (unpaired) electrons. The second-order valence-electron chi connectivity index (χ2n) is 7.00. The molecule has 2 nitrogen and oxygen atoms in total. The number of nitrogens with zero attached hydrogens (tertiary/aromatic N) is 1. The summed E-state index contributed by atoms with van der Waals surface area (Å²) in [6, 6.07) is 0.192. The van der Waals surface area contributed by atoms with E-state index in [0.717, 1.165) is 11.8 Å². The minimum atomic E-state index is 0.192. The number of rotatable bonds is 4. The molecule has 0 aromatic carbocycles. The van der Waals surface area contributed by atoms with Crippen molar-refractivity contribution in [3.63, 3.8) is 0 Å². The molecule has 1 fully saturated rings. The summed E-state index contributed by atoms with van der Waals surface area (Å²) in [5.74, 6) is 3.78. The molecule has 1 aliphatic rings. The lowest BCUT2D eigenvalue weighted by molar-refractivity contribution is 0.0777. The molecule has 0 bridgehead atoms. The standard InChI is InChI=1S/C16H29NO/c1-10(2)13-7-14(11(3)4)16(17-9-18)15(8-13)12(5)6/h10-16H,7-8H2,1-6H3. The molecule has 2 atom stereocenters. The van der Waals surface area contributed by atoms with Gasteiger partial charge in [-0.3, -0.25) is 0 Å². The van der Waals surface area contributed by atoms with E-state index in [1.165, 1.54) is 12.8 Å². The number of hydrogen-bond donors (Lipinski definition) is 0. The smallest absolute Gasteiger partial charge is 0.211 e. The van der Waals surface area contributed by atoms with Crippen molar-refractivity contribution in [3.05, 3.63) is 0 Å². The van der Waals surface area contributed by atoms with Crippen LogP contribution in [0.2, 0.25) is 0 Å². The first-order valence-electron chi connectivity index (χ1n) is 7.45. The van der Waals surface area contributed by atoms with Gasteiger partial charge in [0.05, 0.1) is 6.04 Å². The van der Waals surface area contributed by atoms with Crippen molar-refractivity contribution in [3.8, 4) is 0 Å². The van der Waals surface area contributed by atoms with Crippen LogP contribution in [0.1, 0.15) is 54.4 Å². The first-order chi connectivity index (χ1) is 8.38. The van der Waals surface area contributed by atoms with Crippen LogP contribution < -0.4 is 0 Å². The van der Waals surface area contributed by atoms with Crippen LogP contribution in [0.5, 0.6) is 0 Å². The van der Waals surface area contributed by atoms with Gasteiger partial charge in [-0.05, 0) is 48.3 Å². The molecule has 0 aromatic heterocycles. The Kier molecular flexibility index (Phi) is 5.59. The first kappa shape index (κ1) is 15.4. The van der Waals surface area contributed by atoms with Gasteiger partial charge >= 0.3 is 0 Å². The summed E-state index contributed by atoms with van der Waals surface area (Å²) < 4.78 is 0. The predicted octanol–water partition coefficient (Wildman–Crippen LogP) is 4.30. The van der Waals surface area contributed by atoms with E-state index in [9.17, 15) is 4.79 Å². The molecule has 0 aliphatic heterocycles. The molecule has 104 valence electrons. The molecule has 0 aromatic rings. The van der Waals surface area contributed by atoms with E-state index >= 15 is 0 Å². The maximum Gasteiger partial charge on any atom is 0.235 e. The Bertz CT molecular complexity index is 284. The lowest BCUT2D eigenvalue weighted by Crippen LogP contribution is -2.42. The van der Waals surface area contributed by atoms with Gasteiger partial charge in [0.2, 0.25) is 6.08 Å². The van der Waals surface area contributed by atoms with Crippen molar-refractivity contribution >= 4 is 6.08 Å². The second kappa shape index (κ2) is 6.52. The zero-order valence-electron chi connectivity index (χ0n) is 12.8. The van der Waals surface area contributed by atoms with Crippen molar-refractivity contribution < 1.29 is 4.79 Å². The molecule has 0 saturated heterocycles. The third-order valence-corrected chi connectivity index (χ3v) is 4.88. The van der Waals surface area contributed by atoms with Gasteiger partial charge in [-0.1, -0.05) is 41.5 Å². The quantitative estimate of drug-likeness (QED) is 0.541. The third kappa shape index (κ3) is 3.45. The van der Waals surface area contributed by atoms with Crippen molar-refractivity contribution in [2.45, 2.75) is 60.4 Å². The summed E-state index contributed by atoms with van der Waals surface area (Å²) in [6.45, 7) is 13.7. The molecule has 0 amide bonds. The first-order valence-corrected chi connectivity index (χ1v) is 7.45. The predicted molar refractivity (Wildman–Crippen MR) is 76.1 cm³/mol. The number of hydrogen-bond acceptors (Lipinski definition) is 2. The van der Waals surface area contributed by atoms with Gasteiger partial charge in [0.15, 0.2) is 0 Å². The summed E-state index contributed by atoms with van der Waals surface area (Å²) in [6.07, 6.45) is 4.26. The van der Waals surface area contributed by atoms with Gasteiger partial charge in [0.1, 0.15) is 0 Å². The zero-order valence-corrected chi connectivity index (χ0v) is 12.8. The molecular formula is C16H29NO. The number of aliphatic imine (C=N–C) groups is 1. The molecule has 0 N–H and O–H groups in total. The fourth-order valence-corrected chi connectivity index (χ4v) is 3.52. The lowest BCUT2D eigenvalue weighted by Gasteiger charge is -2.44. The Hall–Kier alpha value is -0.620. The van der Waals surface area contributed by atoms with Gasteiger partial charge in [-0.15, -0.1) is 0 Å². The van der Waals surface area contributed by atoms with Crippen LogP contribution in [0.3, 0.4) is 0 Å². The molecule has 2 unspecified atom stereocenters. The van der Waals surface area contributed by atoms with Crippen LogP contribution in [0.4, 0.5) is 0 Å².